The van der Waals surface area contributed by atoms with Crippen LogP contribution in [0.15, 0.2) is 30.5 Å². The maximum absolute atomic E-state index is 5.68. The third-order valence-electron chi connectivity index (χ3n) is 2.96. The van der Waals surface area contributed by atoms with Gasteiger partial charge < -0.3 is 11.1 Å². The molecule has 2 heterocycles. The highest BCUT2D eigenvalue weighted by Gasteiger charge is 2.15. The van der Waals surface area contributed by atoms with E-state index in [2.05, 4.69) is 10.4 Å². The molecule has 0 unspecified atom stereocenters. The van der Waals surface area contributed by atoms with E-state index in [1.165, 1.54) is 11.3 Å². The highest BCUT2D eigenvalue weighted by molar-refractivity contribution is 5.45. The van der Waals surface area contributed by atoms with E-state index in [-0.39, 0.29) is 0 Å². The predicted octanol–water partition coefficient (Wildman–Crippen LogP) is 1.10. The highest BCUT2D eigenvalue weighted by atomic mass is 15.3. The Labute approximate surface area is 94.1 Å². The van der Waals surface area contributed by atoms with Crippen LogP contribution in [-0.4, -0.2) is 16.3 Å². The minimum atomic E-state index is 0.780. The van der Waals surface area contributed by atoms with Crippen molar-refractivity contribution in [2.45, 2.75) is 13.0 Å². The largest absolute Gasteiger partial charge is 0.399 e. The molecule has 16 heavy (non-hydrogen) atoms. The molecular weight excluding hydrogens is 200 g/mol. The number of hydrogen-bond acceptors (Lipinski definition) is 3. The minimum Gasteiger partial charge on any atom is -0.399 e. The van der Waals surface area contributed by atoms with Gasteiger partial charge in [0.2, 0.25) is 0 Å². The first kappa shape index (κ1) is 9.42. The fraction of sp³-hybridized carbons (Fsp3) is 0.250. The fourth-order valence-electron chi connectivity index (χ4n) is 2.07. The zero-order valence-corrected chi connectivity index (χ0v) is 8.98. The van der Waals surface area contributed by atoms with Crippen molar-refractivity contribution >= 4 is 5.69 Å². The van der Waals surface area contributed by atoms with Gasteiger partial charge in [0.05, 0.1) is 17.6 Å². The molecule has 0 bridgehead atoms. The average Bonchev–Trinajstić information content (AvgIpc) is 2.74. The Morgan fingerprint density at radius 1 is 1.25 bits per heavy atom. The summed E-state index contributed by atoms with van der Waals surface area (Å²) in [6.07, 6.45) is 3.02. The molecule has 1 aliphatic rings. The van der Waals surface area contributed by atoms with Crippen LogP contribution in [0.25, 0.3) is 5.69 Å². The maximum atomic E-state index is 5.68. The Morgan fingerprint density at radius 2 is 2.06 bits per heavy atom. The summed E-state index contributed by atoms with van der Waals surface area (Å²) in [5, 5.41) is 7.80. The zero-order chi connectivity index (χ0) is 11.0. The normalized spacial score (nSPS) is 14.8. The molecule has 0 spiro atoms. The first-order valence-corrected chi connectivity index (χ1v) is 5.47. The SMILES string of the molecule is Nc1ccc(-n2ncc3c2CNCC3)cc1. The van der Waals surface area contributed by atoms with Gasteiger partial charge in [-0.25, -0.2) is 4.68 Å². The van der Waals surface area contributed by atoms with Gasteiger partial charge in [0.25, 0.3) is 0 Å². The van der Waals surface area contributed by atoms with Crippen LogP contribution in [0.3, 0.4) is 0 Å². The van der Waals surface area contributed by atoms with Gasteiger partial charge in [0, 0.05) is 12.2 Å². The van der Waals surface area contributed by atoms with E-state index in [1.54, 1.807) is 0 Å². The molecule has 3 N–H and O–H groups in total. The first-order valence-electron chi connectivity index (χ1n) is 5.47. The number of aromatic nitrogens is 2. The van der Waals surface area contributed by atoms with Crippen LogP contribution in [0.4, 0.5) is 5.69 Å². The van der Waals surface area contributed by atoms with E-state index in [0.29, 0.717) is 0 Å². The first-order chi connectivity index (χ1) is 7.84. The second kappa shape index (κ2) is 3.64. The summed E-state index contributed by atoms with van der Waals surface area (Å²) < 4.78 is 1.99. The quantitative estimate of drug-likeness (QED) is 0.699. The number of hydrogen-bond donors (Lipinski definition) is 2. The van der Waals surface area contributed by atoms with Crippen molar-refractivity contribution in [3.8, 4) is 5.69 Å². The molecule has 0 saturated heterocycles. The van der Waals surface area contributed by atoms with Crippen molar-refractivity contribution in [1.82, 2.24) is 15.1 Å². The van der Waals surface area contributed by atoms with Crippen LogP contribution in [0.5, 0.6) is 0 Å². The molecule has 82 valence electrons. The summed E-state index contributed by atoms with van der Waals surface area (Å²) in [5.74, 6) is 0. The summed E-state index contributed by atoms with van der Waals surface area (Å²) in [4.78, 5) is 0. The molecular formula is C12H14N4. The predicted molar refractivity (Wildman–Crippen MR) is 63.4 cm³/mol. The van der Waals surface area contributed by atoms with E-state index in [9.17, 15) is 0 Å². The Balaban J connectivity index is 2.06. The van der Waals surface area contributed by atoms with E-state index in [1.807, 2.05) is 35.1 Å². The summed E-state index contributed by atoms with van der Waals surface area (Å²) >= 11 is 0. The lowest BCUT2D eigenvalue weighted by Gasteiger charge is -2.15. The summed E-state index contributed by atoms with van der Waals surface area (Å²) in [7, 11) is 0. The number of nitrogen functional groups attached to an aromatic ring is 1. The Morgan fingerprint density at radius 3 is 2.88 bits per heavy atom. The Kier molecular flexibility index (Phi) is 2.15. The lowest BCUT2D eigenvalue weighted by molar-refractivity contribution is 0.614. The third kappa shape index (κ3) is 1.47. The monoisotopic (exact) mass is 214 g/mol. The molecule has 2 aromatic rings. The molecule has 0 amide bonds. The van der Waals surface area contributed by atoms with E-state index >= 15 is 0 Å². The smallest absolute Gasteiger partial charge is 0.0650 e. The topological polar surface area (TPSA) is 55.9 Å². The van der Waals surface area contributed by atoms with Crippen molar-refractivity contribution in [2.24, 2.45) is 0 Å². The number of nitrogens with one attached hydrogen (secondary N) is 1. The number of rotatable bonds is 1. The van der Waals surface area contributed by atoms with Gasteiger partial charge in [-0.1, -0.05) is 0 Å². The lowest BCUT2D eigenvalue weighted by Crippen LogP contribution is -2.24. The number of nitrogens with two attached hydrogens (primary N) is 1. The standard InChI is InChI=1S/C12H14N4/c13-10-1-3-11(4-2-10)16-12-8-14-6-5-9(12)7-15-16/h1-4,7,14H,5-6,8,13H2. The summed E-state index contributed by atoms with van der Waals surface area (Å²) in [6.45, 7) is 1.93. The van der Waals surface area contributed by atoms with Gasteiger partial charge >= 0.3 is 0 Å². The maximum Gasteiger partial charge on any atom is 0.0650 e. The van der Waals surface area contributed by atoms with Crippen molar-refractivity contribution in [2.75, 3.05) is 12.3 Å². The average molecular weight is 214 g/mol. The molecule has 0 saturated carbocycles. The van der Waals surface area contributed by atoms with Crippen molar-refractivity contribution in [3.63, 3.8) is 0 Å². The minimum absolute atomic E-state index is 0.780. The van der Waals surface area contributed by atoms with E-state index in [4.69, 9.17) is 5.73 Å². The molecule has 0 fully saturated rings. The zero-order valence-electron chi connectivity index (χ0n) is 8.98. The van der Waals surface area contributed by atoms with Gasteiger partial charge in [-0.3, -0.25) is 0 Å². The lowest BCUT2D eigenvalue weighted by atomic mass is 10.1. The number of benzene rings is 1. The molecule has 4 nitrogen and oxygen atoms in total. The second-order valence-corrected chi connectivity index (χ2v) is 4.05. The van der Waals surface area contributed by atoms with Gasteiger partial charge in [0.15, 0.2) is 0 Å². The summed E-state index contributed by atoms with van der Waals surface area (Å²) in [6, 6.07) is 7.80. The fourth-order valence-corrected chi connectivity index (χ4v) is 2.07. The molecule has 0 radical (unpaired) electrons. The number of fused-ring (bicyclic) bond motifs is 1. The molecule has 1 aromatic carbocycles. The second-order valence-electron chi connectivity index (χ2n) is 4.05. The molecule has 0 aliphatic carbocycles. The van der Waals surface area contributed by atoms with Gasteiger partial charge in [-0.15, -0.1) is 0 Å². The molecule has 1 aliphatic heterocycles. The van der Waals surface area contributed by atoms with Crippen LogP contribution in [0.2, 0.25) is 0 Å². The van der Waals surface area contributed by atoms with Gasteiger partial charge in [-0.05, 0) is 42.8 Å². The van der Waals surface area contributed by atoms with Crippen LogP contribution in [0.1, 0.15) is 11.3 Å². The van der Waals surface area contributed by atoms with Crippen LogP contribution < -0.4 is 11.1 Å². The Bertz CT molecular complexity index is 498. The molecule has 0 atom stereocenters. The number of anilines is 1. The number of nitrogens with zero attached hydrogens (tertiary/aromatic N) is 2. The third-order valence-corrected chi connectivity index (χ3v) is 2.96. The molecule has 3 rings (SSSR count). The van der Waals surface area contributed by atoms with Crippen molar-refractivity contribution < 1.29 is 0 Å². The van der Waals surface area contributed by atoms with Crippen molar-refractivity contribution in [3.05, 3.63) is 41.7 Å². The van der Waals surface area contributed by atoms with Gasteiger partial charge in [0.1, 0.15) is 0 Å². The van der Waals surface area contributed by atoms with Crippen LogP contribution >= 0.6 is 0 Å². The van der Waals surface area contributed by atoms with Crippen molar-refractivity contribution in [1.29, 1.82) is 0 Å². The van der Waals surface area contributed by atoms with Crippen LogP contribution in [0, 0.1) is 0 Å². The Hall–Kier alpha value is -1.81. The van der Waals surface area contributed by atoms with Crippen LogP contribution in [-0.2, 0) is 13.0 Å². The van der Waals surface area contributed by atoms with Gasteiger partial charge in [-0.2, -0.15) is 5.10 Å². The molecule has 1 aromatic heterocycles. The summed E-state index contributed by atoms with van der Waals surface area (Å²) in [5.41, 5.74) is 10.1. The highest BCUT2D eigenvalue weighted by Crippen LogP contribution is 2.18. The molecule has 4 heteroatoms. The van der Waals surface area contributed by atoms with E-state index in [0.717, 1.165) is 30.9 Å². The van der Waals surface area contributed by atoms with E-state index < -0.39 is 0 Å².